The molecule has 8 heteroatoms. The molecule has 0 aliphatic heterocycles. The molecule has 0 amide bonds. The molecule has 0 radical (unpaired) electrons. The molecule has 0 bridgehead atoms. The van der Waals surface area contributed by atoms with Gasteiger partial charge in [-0.05, 0) is 76.2 Å². The first-order valence-corrected chi connectivity index (χ1v) is 24.7. The second kappa shape index (κ2) is 14.6. The Labute approximate surface area is 385 Å². The third kappa shape index (κ3) is 5.42. The number of aromatic nitrogens is 7. The Morgan fingerprint density at radius 1 is 0.299 bits per heavy atom. The molecule has 0 aliphatic rings. The summed E-state index contributed by atoms with van der Waals surface area (Å²) in [6.45, 7) is 0. The topological polar surface area (TPSA) is 57.9 Å². The van der Waals surface area contributed by atoms with E-state index >= 15 is 0 Å². The van der Waals surface area contributed by atoms with Gasteiger partial charge in [-0.3, -0.25) is 13.5 Å². The summed E-state index contributed by atoms with van der Waals surface area (Å²) in [4.78, 5) is 17.2. The first-order chi connectivity index (χ1) is 33.3. The van der Waals surface area contributed by atoms with Crippen LogP contribution in [0, 0.1) is 0 Å². The number of imidazole rings is 2. The van der Waals surface area contributed by atoms with Crippen molar-refractivity contribution in [1.29, 1.82) is 0 Å². The first kappa shape index (κ1) is 37.5. The van der Waals surface area contributed by atoms with Crippen LogP contribution < -0.4 is 21.0 Å². The van der Waals surface area contributed by atoms with E-state index in [1.807, 2.05) is 0 Å². The zero-order chi connectivity index (χ0) is 44.1. The van der Waals surface area contributed by atoms with Gasteiger partial charge < -0.3 is 4.57 Å². The largest absolute Gasteiger partial charge is 0.309 e. The van der Waals surface area contributed by atoms with Gasteiger partial charge in [0, 0.05) is 33.3 Å². The summed E-state index contributed by atoms with van der Waals surface area (Å²) in [7, 11) is -3.39. The monoisotopic (exact) mass is 873 g/mol. The van der Waals surface area contributed by atoms with Gasteiger partial charge in [-0.15, -0.1) is 0 Å². The molecule has 5 aromatic heterocycles. The minimum atomic E-state index is -3.39. The van der Waals surface area contributed by atoms with E-state index in [1.54, 1.807) is 0 Å². The number of fused-ring (bicyclic) bond motifs is 11. The second-order valence-electron chi connectivity index (χ2n) is 17.2. The standard InChI is InChI=1S/C59H39N7Si/c1-3-19-41(20-4-1)67(42-21-5-2-6-22-42,43-37-35-40(36-38-43)63-49-28-12-7-23-44(49)45-24-8-13-29-50(45)63)58-61-56(64-51-30-14-9-25-46(51)47-26-10-15-31-52(47)64)39-57(62-58)66-55-34-18-17-33-54(55)65-53-32-16-11-27-48(53)60-59(65)66/h1-39H. The van der Waals surface area contributed by atoms with E-state index in [2.05, 4.69) is 255 Å². The van der Waals surface area contributed by atoms with Crippen LogP contribution in [0.3, 0.4) is 0 Å². The number of rotatable bonds is 7. The van der Waals surface area contributed by atoms with Gasteiger partial charge in [-0.25, -0.2) is 15.0 Å². The average Bonchev–Trinajstić information content (AvgIpc) is 4.13. The van der Waals surface area contributed by atoms with Gasteiger partial charge in [0.25, 0.3) is 0 Å². The summed E-state index contributed by atoms with van der Waals surface area (Å²) < 4.78 is 9.21. The predicted molar refractivity (Wildman–Crippen MR) is 277 cm³/mol. The minimum Gasteiger partial charge on any atom is -0.309 e. The fourth-order valence-electron chi connectivity index (χ4n) is 10.9. The maximum atomic E-state index is 5.91. The fraction of sp³-hybridized carbons (Fsp3) is 0. The van der Waals surface area contributed by atoms with Gasteiger partial charge in [0.1, 0.15) is 17.1 Å². The smallest absolute Gasteiger partial charge is 0.226 e. The zero-order valence-electron chi connectivity index (χ0n) is 36.1. The van der Waals surface area contributed by atoms with Gasteiger partial charge in [0.2, 0.25) is 13.9 Å². The maximum absolute atomic E-state index is 5.91. The Morgan fingerprint density at radius 2 is 0.701 bits per heavy atom. The van der Waals surface area contributed by atoms with E-state index in [9.17, 15) is 0 Å². The number of hydrogen-bond donors (Lipinski definition) is 0. The highest BCUT2D eigenvalue weighted by Gasteiger charge is 2.45. The van der Waals surface area contributed by atoms with Crippen molar-refractivity contribution in [3.8, 4) is 17.3 Å². The van der Waals surface area contributed by atoms with Crippen molar-refractivity contribution in [3.63, 3.8) is 0 Å². The molecule has 0 saturated heterocycles. The van der Waals surface area contributed by atoms with Gasteiger partial charge in [0.05, 0.1) is 44.1 Å². The van der Waals surface area contributed by atoms with E-state index < -0.39 is 8.07 Å². The van der Waals surface area contributed by atoms with E-state index in [0.29, 0.717) is 0 Å². The van der Waals surface area contributed by atoms with Gasteiger partial charge in [-0.1, -0.05) is 170 Å². The molecule has 0 aliphatic carbocycles. The third-order valence-corrected chi connectivity index (χ3v) is 18.2. The molecule has 0 fully saturated rings. The van der Waals surface area contributed by atoms with Crippen LogP contribution in [0.5, 0.6) is 0 Å². The molecular formula is C59H39N7Si. The molecule has 5 heterocycles. The first-order valence-electron chi connectivity index (χ1n) is 22.7. The SMILES string of the molecule is c1ccc([Si](c2ccccc2)(c2ccc(-n3c4ccccc4c4ccccc43)cc2)c2nc(-n3c4ccccc4c4ccccc43)cc(-n3c4ccccc4n4c5ccccc5nc34)n2)cc1. The van der Waals surface area contributed by atoms with Crippen LogP contribution in [0.1, 0.15) is 0 Å². The second-order valence-corrected chi connectivity index (χ2v) is 20.9. The molecule has 9 aromatic carbocycles. The van der Waals surface area contributed by atoms with Crippen LogP contribution in [0.15, 0.2) is 237 Å². The molecular weight excluding hydrogens is 835 g/mol. The number of nitrogens with zero attached hydrogens (tertiary/aromatic N) is 7. The number of benzene rings is 9. The highest BCUT2D eigenvalue weighted by Crippen LogP contribution is 2.35. The molecule has 0 N–H and O–H groups in total. The van der Waals surface area contributed by atoms with E-state index in [-0.39, 0.29) is 0 Å². The summed E-state index contributed by atoms with van der Waals surface area (Å²) in [5.74, 6) is 2.33. The van der Waals surface area contributed by atoms with Gasteiger partial charge in [0.15, 0.2) is 0 Å². The van der Waals surface area contributed by atoms with Crippen LogP contribution in [0.25, 0.3) is 88.8 Å². The van der Waals surface area contributed by atoms with Crippen molar-refractivity contribution >= 4 is 101 Å². The zero-order valence-corrected chi connectivity index (χ0v) is 37.1. The fourth-order valence-corrected chi connectivity index (χ4v) is 15.3. The summed E-state index contributed by atoms with van der Waals surface area (Å²) in [5, 5.41) is 8.36. The lowest BCUT2D eigenvalue weighted by atomic mass is 10.2. The quantitative estimate of drug-likeness (QED) is 0.118. The van der Waals surface area contributed by atoms with Crippen LogP contribution in [-0.2, 0) is 0 Å². The lowest BCUT2D eigenvalue weighted by Crippen LogP contribution is -2.76. The van der Waals surface area contributed by atoms with E-state index in [1.165, 1.54) is 48.1 Å². The van der Waals surface area contributed by atoms with E-state index in [4.69, 9.17) is 15.0 Å². The summed E-state index contributed by atoms with van der Waals surface area (Å²) in [6, 6.07) is 85.0. The third-order valence-electron chi connectivity index (χ3n) is 13.7. The van der Waals surface area contributed by atoms with E-state index in [0.717, 1.165) is 61.6 Å². The van der Waals surface area contributed by atoms with Crippen LogP contribution in [-0.4, -0.2) is 41.1 Å². The molecule has 67 heavy (non-hydrogen) atoms. The van der Waals surface area contributed by atoms with Crippen LogP contribution in [0.4, 0.5) is 0 Å². The van der Waals surface area contributed by atoms with Crippen LogP contribution >= 0.6 is 0 Å². The molecule has 314 valence electrons. The molecule has 0 spiro atoms. The lowest BCUT2D eigenvalue weighted by molar-refractivity contribution is 0.994. The molecule has 0 unspecified atom stereocenters. The Hall–Kier alpha value is -8.85. The summed E-state index contributed by atoms with van der Waals surface area (Å²) >= 11 is 0. The number of para-hydroxylation sites is 8. The highest BCUT2D eigenvalue weighted by molar-refractivity contribution is 7.19. The Morgan fingerprint density at radius 3 is 1.24 bits per heavy atom. The Balaban J connectivity index is 1.12. The number of hydrogen-bond acceptors (Lipinski definition) is 3. The van der Waals surface area contributed by atoms with Crippen molar-refractivity contribution < 1.29 is 0 Å². The van der Waals surface area contributed by atoms with Crippen molar-refractivity contribution in [2.45, 2.75) is 0 Å². The molecule has 7 nitrogen and oxygen atoms in total. The average molecular weight is 874 g/mol. The van der Waals surface area contributed by atoms with Crippen molar-refractivity contribution in [1.82, 2.24) is 33.1 Å². The van der Waals surface area contributed by atoms with Crippen molar-refractivity contribution in [3.05, 3.63) is 237 Å². The molecule has 0 atom stereocenters. The molecule has 14 rings (SSSR count). The molecule has 14 aromatic rings. The lowest BCUT2D eigenvalue weighted by Gasteiger charge is -2.33. The summed E-state index contributed by atoms with van der Waals surface area (Å²) in [6.07, 6.45) is 0. The van der Waals surface area contributed by atoms with Crippen LogP contribution in [0.2, 0.25) is 0 Å². The van der Waals surface area contributed by atoms with Gasteiger partial charge >= 0.3 is 0 Å². The molecule has 0 saturated carbocycles. The Kier molecular flexibility index (Phi) is 8.17. The van der Waals surface area contributed by atoms with Gasteiger partial charge in [-0.2, -0.15) is 0 Å². The normalized spacial score (nSPS) is 12.2. The van der Waals surface area contributed by atoms with Crippen molar-refractivity contribution in [2.75, 3.05) is 0 Å². The Bertz CT molecular complexity index is 4070. The highest BCUT2D eigenvalue weighted by atomic mass is 28.3. The summed E-state index contributed by atoms with van der Waals surface area (Å²) in [5.41, 5.74) is 10.4. The maximum Gasteiger partial charge on any atom is 0.226 e. The van der Waals surface area contributed by atoms with Crippen molar-refractivity contribution in [2.24, 2.45) is 0 Å². The predicted octanol–water partition coefficient (Wildman–Crippen LogP) is 10.8. The minimum absolute atomic E-state index is 0.744.